The molecule has 0 unspecified atom stereocenters. The monoisotopic (exact) mass is 328 g/mol. The first-order valence-corrected chi connectivity index (χ1v) is 7.62. The molecule has 6 heteroatoms. The van der Waals surface area contributed by atoms with Gasteiger partial charge in [-0.1, -0.05) is 17.7 Å². The van der Waals surface area contributed by atoms with E-state index in [9.17, 15) is 0 Å². The third kappa shape index (κ3) is 3.00. The third-order valence-corrected chi connectivity index (χ3v) is 3.77. The Morgan fingerprint density at radius 1 is 0.913 bits per heavy atom. The second-order valence-electron chi connectivity index (χ2n) is 5.16. The molecule has 116 valence electrons. The van der Waals surface area contributed by atoms with Crippen LogP contribution in [-0.4, -0.2) is 23.4 Å². The maximum absolute atomic E-state index is 5.88. The fraction of sp³-hybridized carbons (Fsp3) is 0.176. The van der Waals surface area contributed by atoms with E-state index in [0.717, 1.165) is 22.6 Å². The lowest BCUT2D eigenvalue weighted by atomic mass is 10.1. The first kappa shape index (κ1) is 14.1. The Kier molecular flexibility index (Phi) is 3.63. The van der Waals surface area contributed by atoms with E-state index >= 15 is 0 Å². The molecule has 0 fully saturated rings. The van der Waals surface area contributed by atoms with Gasteiger partial charge in [-0.2, -0.15) is 0 Å². The molecule has 0 saturated heterocycles. The molecule has 0 aliphatic carbocycles. The molecule has 23 heavy (non-hydrogen) atoms. The molecule has 0 N–H and O–H groups in total. The predicted octanol–water partition coefficient (Wildman–Crippen LogP) is 3.75. The summed E-state index contributed by atoms with van der Waals surface area (Å²) in [7, 11) is 0. The summed E-state index contributed by atoms with van der Waals surface area (Å²) in [4.78, 5) is 0. The molecule has 1 aromatic heterocycles. The van der Waals surface area contributed by atoms with E-state index in [4.69, 9.17) is 25.5 Å². The summed E-state index contributed by atoms with van der Waals surface area (Å²) >= 11 is 5.88. The van der Waals surface area contributed by atoms with Gasteiger partial charge in [0.1, 0.15) is 13.2 Å². The summed E-state index contributed by atoms with van der Waals surface area (Å²) in [6, 6.07) is 13.1. The fourth-order valence-corrected chi connectivity index (χ4v) is 2.53. The number of ether oxygens (including phenoxy) is 2. The number of halogens is 1. The number of hydrogen-bond acceptors (Lipinski definition) is 5. The van der Waals surface area contributed by atoms with Crippen molar-refractivity contribution in [1.29, 1.82) is 0 Å². The van der Waals surface area contributed by atoms with E-state index in [-0.39, 0.29) is 0 Å². The summed E-state index contributed by atoms with van der Waals surface area (Å²) in [6.45, 7) is 1.15. The fourth-order valence-electron chi connectivity index (χ4n) is 2.41. The van der Waals surface area contributed by atoms with Crippen LogP contribution in [0.3, 0.4) is 0 Å². The van der Waals surface area contributed by atoms with Crippen LogP contribution in [0.15, 0.2) is 46.9 Å². The van der Waals surface area contributed by atoms with Crippen LogP contribution >= 0.6 is 11.6 Å². The standard InChI is InChI=1S/C17H13ClN2O3/c18-13-4-2-12(3-5-13)17-20-19-16(23-17)10-11-1-6-14-15(9-11)22-8-7-21-14/h1-6,9H,7-8,10H2. The molecule has 0 spiro atoms. The Bertz CT molecular complexity index is 830. The zero-order chi connectivity index (χ0) is 15.6. The highest BCUT2D eigenvalue weighted by Crippen LogP contribution is 2.31. The van der Waals surface area contributed by atoms with Crippen LogP contribution in [0.1, 0.15) is 11.5 Å². The molecule has 5 nitrogen and oxygen atoms in total. The second-order valence-corrected chi connectivity index (χ2v) is 5.60. The maximum atomic E-state index is 5.88. The van der Waals surface area contributed by atoms with E-state index in [2.05, 4.69) is 10.2 Å². The van der Waals surface area contributed by atoms with Gasteiger partial charge in [0.25, 0.3) is 0 Å². The highest BCUT2D eigenvalue weighted by atomic mass is 35.5. The molecule has 1 aliphatic rings. The van der Waals surface area contributed by atoms with Gasteiger partial charge in [0.05, 0.1) is 6.42 Å². The summed E-state index contributed by atoms with van der Waals surface area (Å²) in [5.74, 6) is 2.56. The van der Waals surface area contributed by atoms with Gasteiger partial charge in [-0.3, -0.25) is 0 Å². The van der Waals surface area contributed by atoms with Gasteiger partial charge in [0.2, 0.25) is 11.8 Å². The Morgan fingerprint density at radius 3 is 2.52 bits per heavy atom. The summed E-state index contributed by atoms with van der Waals surface area (Å²) in [5.41, 5.74) is 1.87. The third-order valence-electron chi connectivity index (χ3n) is 3.52. The van der Waals surface area contributed by atoms with E-state index in [1.165, 1.54) is 0 Å². The van der Waals surface area contributed by atoms with Gasteiger partial charge in [-0.05, 0) is 42.0 Å². The molecule has 1 aliphatic heterocycles. The van der Waals surface area contributed by atoms with Crippen molar-refractivity contribution in [3.05, 3.63) is 58.9 Å². The average molecular weight is 329 g/mol. The van der Waals surface area contributed by atoms with Gasteiger partial charge < -0.3 is 13.9 Å². The summed E-state index contributed by atoms with van der Waals surface area (Å²) < 4.78 is 16.8. The van der Waals surface area contributed by atoms with Crippen LogP contribution in [0.25, 0.3) is 11.5 Å². The molecule has 0 radical (unpaired) electrons. The Morgan fingerprint density at radius 2 is 1.70 bits per heavy atom. The molecule has 3 aromatic rings. The Labute approximate surface area is 137 Å². The molecule has 4 rings (SSSR count). The van der Waals surface area contributed by atoms with Gasteiger partial charge >= 0.3 is 0 Å². The van der Waals surface area contributed by atoms with Gasteiger partial charge in [-0.25, -0.2) is 0 Å². The molecular formula is C17H13ClN2O3. The van der Waals surface area contributed by atoms with Crippen molar-refractivity contribution in [2.75, 3.05) is 13.2 Å². The molecule has 0 bridgehead atoms. The molecule has 0 saturated carbocycles. The molecule has 2 aromatic carbocycles. The smallest absolute Gasteiger partial charge is 0.247 e. The van der Waals surface area contributed by atoms with Crippen molar-refractivity contribution in [2.24, 2.45) is 0 Å². The minimum absolute atomic E-state index is 0.481. The minimum atomic E-state index is 0.481. The summed E-state index contributed by atoms with van der Waals surface area (Å²) in [6.07, 6.45) is 0.539. The second kappa shape index (κ2) is 5.93. The van der Waals surface area contributed by atoms with Crippen molar-refractivity contribution in [3.8, 4) is 23.0 Å². The molecule has 0 amide bonds. The number of aromatic nitrogens is 2. The van der Waals surface area contributed by atoms with Crippen molar-refractivity contribution in [2.45, 2.75) is 6.42 Å². The van der Waals surface area contributed by atoms with Gasteiger partial charge in [0, 0.05) is 10.6 Å². The SMILES string of the molecule is Clc1ccc(-c2nnc(Cc3ccc4c(c3)OCCO4)o2)cc1. The number of rotatable bonds is 3. The van der Waals surface area contributed by atoms with Crippen molar-refractivity contribution in [3.63, 3.8) is 0 Å². The highest BCUT2D eigenvalue weighted by molar-refractivity contribution is 6.30. The van der Waals surface area contributed by atoms with Crippen LogP contribution in [0, 0.1) is 0 Å². The van der Waals surface area contributed by atoms with Gasteiger partial charge in [-0.15, -0.1) is 10.2 Å². The largest absolute Gasteiger partial charge is 0.486 e. The zero-order valence-corrected chi connectivity index (χ0v) is 12.9. The molecule has 0 atom stereocenters. The molecule has 2 heterocycles. The van der Waals surface area contributed by atoms with Crippen LogP contribution in [0.2, 0.25) is 5.02 Å². The first-order valence-electron chi connectivity index (χ1n) is 7.25. The minimum Gasteiger partial charge on any atom is -0.486 e. The van der Waals surface area contributed by atoms with E-state index in [1.54, 1.807) is 12.1 Å². The predicted molar refractivity (Wildman–Crippen MR) is 85.0 cm³/mol. The Balaban J connectivity index is 1.54. The maximum Gasteiger partial charge on any atom is 0.247 e. The van der Waals surface area contributed by atoms with Crippen LogP contribution in [-0.2, 0) is 6.42 Å². The lowest BCUT2D eigenvalue weighted by Crippen LogP contribution is -2.15. The quantitative estimate of drug-likeness (QED) is 0.733. The van der Waals surface area contributed by atoms with Gasteiger partial charge in [0.15, 0.2) is 11.5 Å². The molecular weight excluding hydrogens is 316 g/mol. The van der Waals surface area contributed by atoms with Crippen molar-refractivity contribution < 1.29 is 13.9 Å². The van der Waals surface area contributed by atoms with E-state index < -0.39 is 0 Å². The topological polar surface area (TPSA) is 57.4 Å². The van der Waals surface area contributed by atoms with Crippen molar-refractivity contribution in [1.82, 2.24) is 10.2 Å². The number of hydrogen-bond donors (Lipinski definition) is 0. The average Bonchev–Trinajstić information content (AvgIpc) is 3.04. The van der Waals surface area contributed by atoms with Crippen molar-refractivity contribution >= 4 is 11.6 Å². The lowest BCUT2D eigenvalue weighted by molar-refractivity contribution is 0.171. The van der Waals surface area contributed by atoms with E-state index in [0.29, 0.717) is 36.4 Å². The normalized spacial score (nSPS) is 13.1. The Hall–Kier alpha value is -2.53. The number of fused-ring (bicyclic) bond motifs is 1. The summed E-state index contributed by atoms with van der Waals surface area (Å²) in [5, 5.41) is 8.86. The number of benzene rings is 2. The number of nitrogens with zero attached hydrogens (tertiary/aromatic N) is 2. The van der Waals surface area contributed by atoms with Crippen LogP contribution in [0.4, 0.5) is 0 Å². The first-order chi connectivity index (χ1) is 11.3. The van der Waals surface area contributed by atoms with Crippen LogP contribution < -0.4 is 9.47 Å². The highest BCUT2D eigenvalue weighted by Gasteiger charge is 2.14. The zero-order valence-electron chi connectivity index (χ0n) is 12.2. The van der Waals surface area contributed by atoms with Crippen LogP contribution in [0.5, 0.6) is 11.5 Å². The lowest BCUT2D eigenvalue weighted by Gasteiger charge is -2.18. The van der Waals surface area contributed by atoms with E-state index in [1.807, 2.05) is 30.3 Å².